The lowest BCUT2D eigenvalue weighted by atomic mass is 9.87. The van der Waals surface area contributed by atoms with E-state index in [1.165, 1.54) is 55.6 Å². The minimum absolute atomic E-state index is 0.535. The molecule has 152 valence electrons. The first-order chi connectivity index (χ1) is 13.8. The Morgan fingerprint density at radius 2 is 1.28 bits per heavy atom. The van der Waals surface area contributed by atoms with Gasteiger partial charge in [-0.1, -0.05) is 99.8 Å². The van der Waals surface area contributed by atoms with Gasteiger partial charge in [0.25, 0.3) is 0 Å². The molecule has 3 aromatic rings. The zero-order valence-corrected chi connectivity index (χ0v) is 21.2. The summed E-state index contributed by atoms with van der Waals surface area (Å²) in [6, 6.07) is 18.3. The number of aryl methyl sites for hydroxylation is 3. The Morgan fingerprint density at radius 3 is 1.83 bits per heavy atom. The number of benzene rings is 3. The highest BCUT2D eigenvalue weighted by Gasteiger charge is 2.14. The Labute approximate surface area is 193 Å². The summed E-state index contributed by atoms with van der Waals surface area (Å²) < 4.78 is 0. The molecule has 2 heteroatoms. The van der Waals surface area contributed by atoms with Gasteiger partial charge in [-0.05, 0) is 83.2 Å². The first-order valence-electron chi connectivity index (χ1n) is 10.3. The maximum absolute atomic E-state index is 3.74. The smallest absolute Gasteiger partial charge is 0.0286 e. The second-order valence-corrected chi connectivity index (χ2v) is 9.50. The predicted molar refractivity (Wildman–Crippen MR) is 135 cm³/mol. The molecule has 0 amide bonds. The zero-order chi connectivity index (χ0) is 21.1. The first kappa shape index (κ1) is 22.3. The summed E-state index contributed by atoms with van der Waals surface area (Å²) in [7, 11) is 0. The number of halogens is 2. The summed E-state index contributed by atoms with van der Waals surface area (Å²) in [5, 5.41) is 1.77. The van der Waals surface area contributed by atoms with Crippen LogP contribution in [0.25, 0.3) is 11.1 Å². The third kappa shape index (κ3) is 5.03. The summed E-state index contributed by atoms with van der Waals surface area (Å²) in [4.78, 5) is 0. The predicted octanol–water partition coefficient (Wildman–Crippen LogP) is 8.78. The van der Waals surface area contributed by atoms with Crippen molar-refractivity contribution in [3.63, 3.8) is 0 Å². The van der Waals surface area contributed by atoms with Gasteiger partial charge < -0.3 is 0 Å². The van der Waals surface area contributed by atoms with Crippen LogP contribution in [0.3, 0.4) is 0 Å². The van der Waals surface area contributed by atoms with E-state index in [2.05, 4.69) is 115 Å². The van der Waals surface area contributed by atoms with E-state index in [1.54, 1.807) is 0 Å². The van der Waals surface area contributed by atoms with Crippen LogP contribution >= 0.6 is 31.9 Å². The molecule has 0 nitrogen and oxygen atoms in total. The van der Waals surface area contributed by atoms with Crippen molar-refractivity contribution in [2.45, 2.75) is 57.6 Å². The van der Waals surface area contributed by atoms with Gasteiger partial charge in [0.15, 0.2) is 0 Å². The van der Waals surface area contributed by atoms with Gasteiger partial charge in [0, 0.05) is 10.7 Å². The molecule has 0 aliphatic rings. The van der Waals surface area contributed by atoms with E-state index in [0.29, 0.717) is 5.92 Å². The van der Waals surface area contributed by atoms with Gasteiger partial charge in [-0.2, -0.15) is 0 Å². The van der Waals surface area contributed by atoms with Gasteiger partial charge in [0.05, 0.1) is 0 Å². The standard InChI is InChI=1S/C27H30Br2/c1-17(2)27-20(5)11-23(14-25(27)16-29)22-10-19(4)26(24(13-22)15-28)12-21-8-6-18(3)7-9-21/h6-11,13-14,17H,12,15-16H2,1-5H3. The fourth-order valence-electron chi connectivity index (χ4n) is 4.31. The number of hydrogen-bond donors (Lipinski definition) is 0. The molecule has 0 N–H and O–H groups in total. The molecule has 3 aromatic carbocycles. The van der Waals surface area contributed by atoms with Gasteiger partial charge in [-0.3, -0.25) is 0 Å². The fourth-order valence-corrected chi connectivity index (χ4v) is 5.28. The molecule has 0 fully saturated rings. The van der Waals surface area contributed by atoms with Crippen molar-refractivity contribution in [3.8, 4) is 11.1 Å². The molecule has 29 heavy (non-hydrogen) atoms. The normalized spacial score (nSPS) is 11.3. The third-order valence-corrected chi connectivity index (χ3v) is 6.95. The van der Waals surface area contributed by atoms with Crippen molar-refractivity contribution in [1.29, 1.82) is 0 Å². The SMILES string of the molecule is Cc1ccc(Cc2c(C)cc(-c3cc(C)c(C(C)C)c(CBr)c3)cc2CBr)cc1. The summed E-state index contributed by atoms with van der Waals surface area (Å²) in [6.45, 7) is 11.2. The highest BCUT2D eigenvalue weighted by Crippen LogP contribution is 2.34. The maximum atomic E-state index is 3.74. The Balaban J connectivity index is 2.05. The lowest BCUT2D eigenvalue weighted by Crippen LogP contribution is -2.01. The largest absolute Gasteiger partial charge is 0.0876 e. The first-order valence-corrected chi connectivity index (χ1v) is 12.5. The Hall–Kier alpha value is -1.38. The monoisotopic (exact) mass is 512 g/mol. The van der Waals surface area contributed by atoms with Crippen LogP contribution in [0.1, 0.15) is 64.3 Å². The molecular weight excluding hydrogens is 484 g/mol. The van der Waals surface area contributed by atoms with Crippen LogP contribution in [0, 0.1) is 20.8 Å². The van der Waals surface area contributed by atoms with Crippen LogP contribution in [0.5, 0.6) is 0 Å². The molecule has 0 saturated heterocycles. The van der Waals surface area contributed by atoms with Gasteiger partial charge >= 0.3 is 0 Å². The van der Waals surface area contributed by atoms with Crippen LogP contribution in [0.15, 0.2) is 48.5 Å². The quantitative estimate of drug-likeness (QED) is 0.289. The summed E-state index contributed by atoms with van der Waals surface area (Å²) in [5.41, 5.74) is 13.7. The minimum Gasteiger partial charge on any atom is -0.0876 e. The molecule has 0 heterocycles. The van der Waals surface area contributed by atoms with Crippen molar-refractivity contribution in [3.05, 3.63) is 93.0 Å². The van der Waals surface area contributed by atoms with E-state index in [0.717, 1.165) is 17.1 Å². The van der Waals surface area contributed by atoms with E-state index < -0.39 is 0 Å². The second-order valence-electron chi connectivity index (χ2n) is 8.38. The molecule has 0 atom stereocenters. The molecule has 0 aliphatic heterocycles. The average molecular weight is 514 g/mol. The molecule has 0 aliphatic carbocycles. The molecule has 3 rings (SSSR count). The maximum Gasteiger partial charge on any atom is 0.0286 e. The lowest BCUT2D eigenvalue weighted by Gasteiger charge is -2.19. The second kappa shape index (κ2) is 9.62. The highest BCUT2D eigenvalue weighted by atomic mass is 79.9. The summed E-state index contributed by atoms with van der Waals surface area (Å²) in [5.74, 6) is 0.535. The van der Waals surface area contributed by atoms with Crippen LogP contribution in [-0.2, 0) is 17.1 Å². The van der Waals surface area contributed by atoms with Crippen molar-refractivity contribution >= 4 is 31.9 Å². The van der Waals surface area contributed by atoms with E-state index in [4.69, 9.17) is 0 Å². The zero-order valence-electron chi connectivity index (χ0n) is 18.1. The minimum atomic E-state index is 0.535. The lowest BCUT2D eigenvalue weighted by molar-refractivity contribution is 0.845. The Kier molecular flexibility index (Phi) is 7.40. The summed E-state index contributed by atoms with van der Waals surface area (Å²) >= 11 is 7.45. The molecule has 0 saturated carbocycles. The highest BCUT2D eigenvalue weighted by molar-refractivity contribution is 9.08. The van der Waals surface area contributed by atoms with Gasteiger partial charge in [-0.25, -0.2) is 0 Å². The van der Waals surface area contributed by atoms with E-state index >= 15 is 0 Å². The number of hydrogen-bond acceptors (Lipinski definition) is 0. The Bertz CT molecular complexity index is 998. The Morgan fingerprint density at radius 1 is 0.724 bits per heavy atom. The van der Waals surface area contributed by atoms with Gasteiger partial charge in [0.1, 0.15) is 0 Å². The third-order valence-electron chi connectivity index (χ3n) is 5.74. The molecule has 0 bridgehead atoms. The molecule has 0 radical (unpaired) electrons. The number of rotatable bonds is 6. The van der Waals surface area contributed by atoms with Gasteiger partial charge in [-0.15, -0.1) is 0 Å². The summed E-state index contributed by atoms with van der Waals surface area (Å²) in [6.07, 6.45) is 0.977. The van der Waals surface area contributed by atoms with Crippen LogP contribution in [0.4, 0.5) is 0 Å². The van der Waals surface area contributed by atoms with Gasteiger partial charge in [0.2, 0.25) is 0 Å². The van der Waals surface area contributed by atoms with E-state index in [1.807, 2.05) is 0 Å². The average Bonchev–Trinajstić information content (AvgIpc) is 2.69. The fraction of sp³-hybridized carbons (Fsp3) is 0.333. The molecule has 0 unspecified atom stereocenters. The molecular formula is C27H30Br2. The van der Waals surface area contributed by atoms with Crippen LogP contribution < -0.4 is 0 Å². The molecule has 0 spiro atoms. The van der Waals surface area contributed by atoms with Crippen LogP contribution in [0.2, 0.25) is 0 Å². The molecule has 0 aromatic heterocycles. The van der Waals surface area contributed by atoms with E-state index in [9.17, 15) is 0 Å². The van der Waals surface area contributed by atoms with Crippen molar-refractivity contribution in [2.24, 2.45) is 0 Å². The topological polar surface area (TPSA) is 0 Å². The van der Waals surface area contributed by atoms with E-state index in [-0.39, 0.29) is 0 Å². The van der Waals surface area contributed by atoms with Crippen LogP contribution in [-0.4, -0.2) is 0 Å². The van der Waals surface area contributed by atoms with Crippen molar-refractivity contribution < 1.29 is 0 Å². The number of alkyl halides is 2. The van der Waals surface area contributed by atoms with Crippen molar-refractivity contribution in [2.75, 3.05) is 0 Å². The van der Waals surface area contributed by atoms with Crippen molar-refractivity contribution in [1.82, 2.24) is 0 Å².